The highest BCUT2D eigenvalue weighted by Gasteiger charge is 2.18. The fourth-order valence-electron chi connectivity index (χ4n) is 4.13. The number of nitrogens with zero attached hydrogens (tertiary/aromatic N) is 1. The van der Waals surface area contributed by atoms with Gasteiger partial charge in [0, 0.05) is 31.2 Å². The maximum atomic E-state index is 12.3. The number of carbonyl (C=O) groups excluding carboxylic acids is 1. The summed E-state index contributed by atoms with van der Waals surface area (Å²) < 4.78 is 5.80. The minimum atomic E-state index is 0.0296. The zero-order chi connectivity index (χ0) is 22.7. The Kier molecular flexibility index (Phi) is 8.50. The van der Waals surface area contributed by atoms with Gasteiger partial charge in [-0.25, -0.2) is 0 Å². The van der Waals surface area contributed by atoms with E-state index in [0.29, 0.717) is 25.6 Å². The van der Waals surface area contributed by atoms with Crippen molar-refractivity contribution in [2.45, 2.75) is 38.5 Å². The Bertz CT molecular complexity index is 969. The molecule has 3 aromatic rings. The first-order valence-electron chi connectivity index (χ1n) is 11.8. The predicted octanol–water partition coefficient (Wildman–Crippen LogP) is 4.85. The number of hydrogen-bond acceptors (Lipinski definition) is 4. The van der Waals surface area contributed by atoms with Crippen LogP contribution in [0.25, 0.3) is 0 Å². The van der Waals surface area contributed by atoms with Gasteiger partial charge < -0.3 is 15.4 Å². The molecule has 5 heteroatoms. The predicted molar refractivity (Wildman–Crippen MR) is 133 cm³/mol. The second-order valence-corrected chi connectivity index (χ2v) is 8.59. The van der Waals surface area contributed by atoms with Gasteiger partial charge >= 0.3 is 0 Å². The number of hydrogen-bond donors (Lipinski definition) is 2. The molecule has 2 N–H and O–H groups in total. The van der Waals surface area contributed by atoms with Crippen LogP contribution in [-0.2, 0) is 17.9 Å². The SMILES string of the molecule is O=C(CCNC1CCN(Cc2ccccc2)CC1)Nc1ccc(OCc2ccccc2)cc1. The Morgan fingerprint density at radius 1 is 0.848 bits per heavy atom. The van der Waals surface area contributed by atoms with Crippen molar-refractivity contribution in [1.82, 2.24) is 10.2 Å². The topological polar surface area (TPSA) is 53.6 Å². The maximum absolute atomic E-state index is 12.3. The summed E-state index contributed by atoms with van der Waals surface area (Å²) in [5.41, 5.74) is 3.29. The molecule has 1 aliphatic heterocycles. The monoisotopic (exact) mass is 443 g/mol. The molecule has 172 valence electrons. The third-order valence-corrected chi connectivity index (χ3v) is 6.01. The van der Waals surface area contributed by atoms with E-state index < -0.39 is 0 Å². The van der Waals surface area contributed by atoms with E-state index in [-0.39, 0.29) is 5.91 Å². The van der Waals surface area contributed by atoms with Crippen LogP contribution in [0.2, 0.25) is 0 Å². The molecule has 0 saturated carbocycles. The number of amides is 1. The lowest BCUT2D eigenvalue weighted by atomic mass is 10.0. The number of benzene rings is 3. The van der Waals surface area contributed by atoms with Gasteiger partial charge in [-0.1, -0.05) is 60.7 Å². The van der Waals surface area contributed by atoms with Gasteiger partial charge in [-0.05, 0) is 61.3 Å². The first-order valence-corrected chi connectivity index (χ1v) is 11.8. The minimum Gasteiger partial charge on any atom is -0.489 e. The Hall–Kier alpha value is -3.15. The molecule has 0 aromatic heterocycles. The largest absolute Gasteiger partial charge is 0.489 e. The lowest BCUT2D eigenvalue weighted by molar-refractivity contribution is -0.116. The number of carbonyl (C=O) groups is 1. The summed E-state index contributed by atoms with van der Waals surface area (Å²) in [6.45, 7) is 4.44. The molecule has 4 rings (SSSR count). The number of nitrogens with one attached hydrogen (secondary N) is 2. The Morgan fingerprint density at radius 2 is 1.48 bits per heavy atom. The maximum Gasteiger partial charge on any atom is 0.225 e. The zero-order valence-corrected chi connectivity index (χ0v) is 19.1. The average Bonchev–Trinajstić information content (AvgIpc) is 2.86. The van der Waals surface area contributed by atoms with Crippen molar-refractivity contribution in [1.29, 1.82) is 0 Å². The molecule has 0 unspecified atom stereocenters. The van der Waals surface area contributed by atoms with Crippen LogP contribution in [0.1, 0.15) is 30.4 Å². The summed E-state index contributed by atoms with van der Waals surface area (Å²) in [5, 5.41) is 6.53. The lowest BCUT2D eigenvalue weighted by Gasteiger charge is -2.32. The number of anilines is 1. The molecule has 5 nitrogen and oxygen atoms in total. The second kappa shape index (κ2) is 12.2. The first kappa shape index (κ1) is 23.0. The standard InChI is InChI=1S/C28H33N3O2/c32-28(30-26-11-13-27(14-12-26)33-22-24-9-5-2-6-10-24)15-18-29-25-16-19-31(20-17-25)21-23-7-3-1-4-8-23/h1-14,25,29H,15-22H2,(H,30,32). The molecule has 1 heterocycles. The molecular formula is C28H33N3O2. The van der Waals surface area contributed by atoms with Crippen LogP contribution < -0.4 is 15.4 Å². The summed E-state index contributed by atoms with van der Waals surface area (Å²) in [5.74, 6) is 0.819. The van der Waals surface area contributed by atoms with Crippen LogP contribution >= 0.6 is 0 Å². The molecule has 1 aliphatic rings. The summed E-state index contributed by atoms with van der Waals surface area (Å²) >= 11 is 0. The van der Waals surface area contributed by atoms with Crippen LogP contribution in [0.4, 0.5) is 5.69 Å². The summed E-state index contributed by atoms with van der Waals surface area (Å²) in [7, 11) is 0. The van der Waals surface area contributed by atoms with Crippen molar-refractivity contribution < 1.29 is 9.53 Å². The molecule has 1 saturated heterocycles. The molecule has 0 radical (unpaired) electrons. The lowest BCUT2D eigenvalue weighted by Crippen LogP contribution is -2.42. The van der Waals surface area contributed by atoms with E-state index in [0.717, 1.165) is 49.5 Å². The number of likely N-dealkylation sites (tertiary alicyclic amines) is 1. The molecule has 0 aliphatic carbocycles. The summed E-state index contributed by atoms with van der Waals surface area (Å²) in [6, 6.07) is 28.7. The van der Waals surface area contributed by atoms with Crippen molar-refractivity contribution in [3.63, 3.8) is 0 Å². The highest BCUT2D eigenvalue weighted by molar-refractivity contribution is 5.90. The van der Waals surface area contributed by atoms with Crippen molar-refractivity contribution >= 4 is 11.6 Å². The van der Waals surface area contributed by atoms with Crippen LogP contribution in [0.15, 0.2) is 84.9 Å². The van der Waals surface area contributed by atoms with E-state index >= 15 is 0 Å². The highest BCUT2D eigenvalue weighted by Crippen LogP contribution is 2.18. The van der Waals surface area contributed by atoms with Gasteiger partial charge in [0.25, 0.3) is 0 Å². The quantitative estimate of drug-likeness (QED) is 0.470. The highest BCUT2D eigenvalue weighted by atomic mass is 16.5. The molecule has 0 bridgehead atoms. The van der Waals surface area contributed by atoms with Crippen LogP contribution in [-0.4, -0.2) is 36.5 Å². The van der Waals surface area contributed by atoms with Gasteiger partial charge in [0.05, 0.1) is 0 Å². The smallest absolute Gasteiger partial charge is 0.225 e. The number of ether oxygens (including phenoxy) is 1. The Labute approximate surface area is 196 Å². The third-order valence-electron chi connectivity index (χ3n) is 6.01. The van der Waals surface area contributed by atoms with E-state index in [1.165, 1.54) is 5.56 Å². The molecule has 0 spiro atoms. The van der Waals surface area contributed by atoms with E-state index in [9.17, 15) is 4.79 Å². The number of piperidine rings is 1. The van der Waals surface area contributed by atoms with Crippen molar-refractivity contribution in [3.8, 4) is 5.75 Å². The molecule has 0 atom stereocenters. The molecule has 33 heavy (non-hydrogen) atoms. The van der Waals surface area contributed by atoms with Crippen molar-refractivity contribution in [3.05, 3.63) is 96.1 Å². The van der Waals surface area contributed by atoms with Crippen LogP contribution in [0.3, 0.4) is 0 Å². The molecular weight excluding hydrogens is 410 g/mol. The second-order valence-electron chi connectivity index (χ2n) is 8.59. The van der Waals surface area contributed by atoms with Gasteiger partial charge in [0.1, 0.15) is 12.4 Å². The fraction of sp³-hybridized carbons (Fsp3) is 0.321. The van der Waals surface area contributed by atoms with Crippen LogP contribution in [0, 0.1) is 0 Å². The minimum absolute atomic E-state index is 0.0296. The molecule has 1 amide bonds. The summed E-state index contributed by atoms with van der Waals surface area (Å²) in [4.78, 5) is 14.8. The normalized spacial score (nSPS) is 14.7. The van der Waals surface area contributed by atoms with Crippen LogP contribution in [0.5, 0.6) is 5.75 Å². The van der Waals surface area contributed by atoms with E-state index in [1.54, 1.807) is 0 Å². The zero-order valence-electron chi connectivity index (χ0n) is 19.1. The molecule has 1 fully saturated rings. The third kappa shape index (κ3) is 7.74. The van der Waals surface area contributed by atoms with Gasteiger partial charge in [-0.15, -0.1) is 0 Å². The van der Waals surface area contributed by atoms with Crippen molar-refractivity contribution in [2.75, 3.05) is 25.0 Å². The number of rotatable bonds is 10. The van der Waals surface area contributed by atoms with Crippen molar-refractivity contribution in [2.24, 2.45) is 0 Å². The van der Waals surface area contributed by atoms with E-state index in [4.69, 9.17) is 4.74 Å². The fourth-order valence-corrected chi connectivity index (χ4v) is 4.13. The first-order chi connectivity index (χ1) is 16.2. The van der Waals surface area contributed by atoms with E-state index in [1.807, 2.05) is 54.6 Å². The average molecular weight is 444 g/mol. The molecule has 3 aromatic carbocycles. The Morgan fingerprint density at radius 3 is 2.15 bits per heavy atom. The van der Waals surface area contributed by atoms with Gasteiger partial charge in [0.2, 0.25) is 5.91 Å². The van der Waals surface area contributed by atoms with Gasteiger partial charge in [0.15, 0.2) is 0 Å². The summed E-state index contributed by atoms with van der Waals surface area (Å²) in [6.07, 6.45) is 2.72. The Balaban J connectivity index is 1.10. The van der Waals surface area contributed by atoms with E-state index in [2.05, 4.69) is 45.9 Å². The van der Waals surface area contributed by atoms with Gasteiger partial charge in [-0.3, -0.25) is 9.69 Å². The van der Waals surface area contributed by atoms with Gasteiger partial charge in [-0.2, -0.15) is 0 Å².